The predicted octanol–water partition coefficient (Wildman–Crippen LogP) is -0.615. The van der Waals surface area contributed by atoms with E-state index in [1.165, 1.54) is 0 Å². The summed E-state index contributed by atoms with van der Waals surface area (Å²) >= 11 is 0. The van der Waals surface area contributed by atoms with Crippen LogP contribution < -0.4 is 5.73 Å². The van der Waals surface area contributed by atoms with Crippen LogP contribution in [0.1, 0.15) is 21.9 Å². The predicted molar refractivity (Wildman–Crippen MR) is 57.9 cm³/mol. The molecule has 0 aliphatic carbocycles. The summed E-state index contributed by atoms with van der Waals surface area (Å²) in [7, 11) is -3.03. The summed E-state index contributed by atoms with van der Waals surface area (Å²) in [5, 5.41) is 0. The van der Waals surface area contributed by atoms with E-state index in [-0.39, 0.29) is 23.1 Å². The van der Waals surface area contributed by atoms with Crippen molar-refractivity contribution in [3.63, 3.8) is 0 Å². The lowest BCUT2D eigenvalue weighted by atomic mass is 10.1. The van der Waals surface area contributed by atoms with Gasteiger partial charge in [0.25, 0.3) is 0 Å². The maximum absolute atomic E-state index is 11.4. The summed E-state index contributed by atoms with van der Waals surface area (Å²) in [6, 6.07) is 0. The molecule has 86 valence electrons. The first-order valence-corrected chi connectivity index (χ1v) is 6.65. The van der Waals surface area contributed by atoms with Crippen LogP contribution in [0.4, 0.5) is 5.82 Å². The smallest absolute Gasteiger partial charge is 0.194 e. The Hall–Kier alpha value is -1.50. The molecule has 0 radical (unpaired) electrons. The first-order chi connectivity index (χ1) is 7.52. The van der Waals surface area contributed by atoms with Crippen molar-refractivity contribution in [1.82, 2.24) is 9.97 Å². The Morgan fingerprint density at radius 2 is 1.88 bits per heavy atom. The van der Waals surface area contributed by atoms with E-state index in [1.807, 2.05) is 0 Å². The molecule has 1 aromatic rings. The van der Waals surface area contributed by atoms with Crippen molar-refractivity contribution in [3.05, 3.63) is 17.1 Å². The van der Waals surface area contributed by atoms with Crippen LogP contribution in [-0.4, -0.2) is 36.2 Å². The second kappa shape index (κ2) is 3.82. The molecule has 7 heteroatoms. The van der Waals surface area contributed by atoms with Crippen molar-refractivity contribution in [2.24, 2.45) is 0 Å². The third-order valence-electron chi connectivity index (χ3n) is 2.56. The zero-order valence-electron chi connectivity index (χ0n) is 8.51. The molecule has 1 aromatic heterocycles. The van der Waals surface area contributed by atoms with Gasteiger partial charge >= 0.3 is 0 Å². The second-order valence-corrected chi connectivity index (χ2v) is 5.97. The van der Waals surface area contributed by atoms with Crippen LogP contribution in [0.3, 0.4) is 0 Å². The van der Waals surface area contributed by atoms with Gasteiger partial charge in [-0.05, 0) is 6.42 Å². The van der Waals surface area contributed by atoms with E-state index >= 15 is 0 Å². The van der Waals surface area contributed by atoms with Gasteiger partial charge in [-0.1, -0.05) is 0 Å². The first kappa shape index (κ1) is 11.0. The number of aldehydes is 1. The minimum atomic E-state index is -3.03. The number of carbonyl (C=O) groups is 1. The van der Waals surface area contributed by atoms with E-state index in [9.17, 15) is 13.2 Å². The van der Waals surface area contributed by atoms with Crippen molar-refractivity contribution in [2.45, 2.75) is 12.8 Å². The molecule has 0 aromatic carbocycles. The van der Waals surface area contributed by atoms with Crippen LogP contribution in [0, 0.1) is 0 Å². The van der Waals surface area contributed by atoms with Gasteiger partial charge in [0.15, 0.2) is 21.9 Å². The second-order valence-electron chi connectivity index (χ2n) is 3.66. The molecular weight excluding hydrogens is 230 g/mol. The average Bonchev–Trinajstić information content (AvgIpc) is 2.38. The first-order valence-electron chi connectivity index (χ1n) is 4.83. The van der Waals surface area contributed by atoms with Crippen molar-refractivity contribution in [2.75, 3.05) is 17.2 Å². The lowest BCUT2D eigenvalue weighted by Crippen LogP contribution is -2.10. The van der Waals surface area contributed by atoms with Gasteiger partial charge in [-0.2, -0.15) is 0 Å². The number of fused-ring (bicyclic) bond motifs is 1. The molecule has 0 atom stereocenters. The number of sulfone groups is 1. The molecule has 0 saturated heterocycles. The lowest BCUT2D eigenvalue weighted by molar-refractivity contribution is 0.111. The Kier molecular flexibility index (Phi) is 2.63. The van der Waals surface area contributed by atoms with Crippen LogP contribution >= 0.6 is 0 Å². The highest BCUT2D eigenvalue weighted by atomic mass is 32.2. The third kappa shape index (κ3) is 2.04. The summed E-state index contributed by atoms with van der Waals surface area (Å²) in [5.41, 5.74) is 6.91. The molecule has 1 aliphatic rings. The molecule has 0 unspecified atom stereocenters. The summed E-state index contributed by atoms with van der Waals surface area (Å²) in [4.78, 5) is 18.4. The average molecular weight is 241 g/mol. The van der Waals surface area contributed by atoms with Crippen molar-refractivity contribution in [1.29, 1.82) is 0 Å². The molecule has 2 N–H and O–H groups in total. The van der Waals surface area contributed by atoms with E-state index in [0.29, 0.717) is 30.4 Å². The number of hydrogen-bond donors (Lipinski definition) is 1. The Morgan fingerprint density at radius 1 is 1.19 bits per heavy atom. The molecule has 6 nitrogen and oxygen atoms in total. The van der Waals surface area contributed by atoms with Gasteiger partial charge in [0.05, 0.1) is 17.2 Å². The van der Waals surface area contributed by atoms with Gasteiger partial charge in [0, 0.05) is 12.0 Å². The molecule has 2 heterocycles. The maximum atomic E-state index is 11.4. The number of nitrogen functional groups attached to an aromatic ring is 1. The fraction of sp³-hybridized carbons (Fsp3) is 0.444. The molecule has 0 bridgehead atoms. The van der Waals surface area contributed by atoms with Gasteiger partial charge in [-0.25, -0.2) is 18.4 Å². The number of aryl methyl sites for hydroxylation is 1. The van der Waals surface area contributed by atoms with Crippen LogP contribution in [-0.2, 0) is 22.7 Å². The molecule has 1 aliphatic heterocycles. The molecule has 16 heavy (non-hydrogen) atoms. The number of nitrogens with two attached hydrogens (primary N) is 1. The third-order valence-corrected chi connectivity index (χ3v) is 4.21. The number of anilines is 1. The topological polar surface area (TPSA) is 103 Å². The van der Waals surface area contributed by atoms with E-state index in [0.717, 1.165) is 0 Å². The number of rotatable bonds is 1. The lowest BCUT2D eigenvalue weighted by Gasteiger charge is -2.06. The Morgan fingerprint density at radius 3 is 2.56 bits per heavy atom. The SMILES string of the molecule is Nc1nc(C=O)nc2c1CCS(=O)(=O)CC2. The van der Waals surface area contributed by atoms with Crippen LogP contribution in [0.5, 0.6) is 0 Å². The van der Waals surface area contributed by atoms with Gasteiger partial charge < -0.3 is 5.73 Å². The molecular formula is C9H11N3O3S. The fourth-order valence-corrected chi connectivity index (χ4v) is 2.94. The number of nitrogens with zero attached hydrogens (tertiary/aromatic N) is 2. The summed E-state index contributed by atoms with van der Waals surface area (Å²) in [6.07, 6.45) is 1.13. The largest absolute Gasteiger partial charge is 0.383 e. The molecule has 0 spiro atoms. The Labute approximate surface area is 92.8 Å². The summed E-state index contributed by atoms with van der Waals surface area (Å²) in [5.74, 6) is 0.336. The van der Waals surface area contributed by atoms with E-state index in [1.54, 1.807) is 0 Å². The highest BCUT2D eigenvalue weighted by molar-refractivity contribution is 7.91. The number of aromatic nitrogens is 2. The van der Waals surface area contributed by atoms with E-state index in [2.05, 4.69) is 9.97 Å². The van der Waals surface area contributed by atoms with Crippen molar-refractivity contribution in [3.8, 4) is 0 Å². The van der Waals surface area contributed by atoms with Gasteiger partial charge in [-0.15, -0.1) is 0 Å². The van der Waals surface area contributed by atoms with Crippen molar-refractivity contribution < 1.29 is 13.2 Å². The highest BCUT2D eigenvalue weighted by Gasteiger charge is 2.22. The van der Waals surface area contributed by atoms with E-state index < -0.39 is 9.84 Å². The maximum Gasteiger partial charge on any atom is 0.194 e. The number of carbonyl (C=O) groups excluding carboxylic acids is 1. The van der Waals surface area contributed by atoms with Crippen LogP contribution in [0.15, 0.2) is 0 Å². The Balaban J connectivity index is 2.49. The summed E-state index contributed by atoms with van der Waals surface area (Å²) < 4.78 is 22.9. The molecule has 0 amide bonds. The standard InChI is InChI=1S/C9H11N3O3S/c10-9-6-1-3-16(14,15)4-2-7(6)11-8(5-13)12-9/h5H,1-4H2,(H2,10,11,12). The molecule has 2 rings (SSSR count). The summed E-state index contributed by atoms with van der Waals surface area (Å²) in [6.45, 7) is 0. The van der Waals surface area contributed by atoms with Gasteiger partial charge in [0.2, 0.25) is 0 Å². The fourth-order valence-electron chi connectivity index (χ4n) is 1.71. The zero-order valence-corrected chi connectivity index (χ0v) is 9.33. The molecule has 0 saturated carbocycles. The normalized spacial score (nSPS) is 18.5. The quantitative estimate of drug-likeness (QED) is 0.657. The number of hydrogen-bond acceptors (Lipinski definition) is 6. The highest BCUT2D eigenvalue weighted by Crippen LogP contribution is 2.19. The van der Waals surface area contributed by atoms with Gasteiger partial charge in [-0.3, -0.25) is 4.79 Å². The minimum Gasteiger partial charge on any atom is -0.383 e. The van der Waals surface area contributed by atoms with E-state index in [4.69, 9.17) is 5.73 Å². The van der Waals surface area contributed by atoms with Crippen LogP contribution in [0.25, 0.3) is 0 Å². The minimum absolute atomic E-state index is 0.00977. The van der Waals surface area contributed by atoms with Crippen LogP contribution in [0.2, 0.25) is 0 Å². The van der Waals surface area contributed by atoms with Gasteiger partial charge in [0.1, 0.15) is 5.82 Å². The van der Waals surface area contributed by atoms with Crippen molar-refractivity contribution >= 4 is 21.9 Å². The zero-order chi connectivity index (χ0) is 11.8. The monoisotopic (exact) mass is 241 g/mol. The Bertz CT molecular complexity index is 539. The molecule has 0 fully saturated rings.